The zero-order chi connectivity index (χ0) is 21.5. The number of hydrogen-bond donors (Lipinski definition) is 1. The number of azo groups is 1. The molecule has 0 radical (unpaired) electrons. The SMILES string of the molecule is O=C(N=Nc1ccc(NOC(=O)c2cccc(Cl)c2)cc1)c1cccc([N+](=O)[O-])c1. The third-order valence-electron chi connectivity index (χ3n) is 3.75. The van der Waals surface area contributed by atoms with Gasteiger partial charge >= 0.3 is 5.97 Å². The van der Waals surface area contributed by atoms with Crippen LogP contribution in [0.4, 0.5) is 17.1 Å². The van der Waals surface area contributed by atoms with Crippen molar-refractivity contribution in [1.29, 1.82) is 0 Å². The number of halogens is 1. The molecular weight excluding hydrogens is 412 g/mol. The van der Waals surface area contributed by atoms with E-state index < -0.39 is 16.8 Å². The first kappa shape index (κ1) is 20.6. The monoisotopic (exact) mass is 424 g/mol. The number of rotatable bonds is 6. The molecule has 0 fully saturated rings. The quantitative estimate of drug-likeness (QED) is 0.323. The molecular formula is C20H13ClN4O5. The Hall–Kier alpha value is -4.11. The van der Waals surface area contributed by atoms with Crippen LogP contribution in [0.3, 0.4) is 0 Å². The number of anilines is 1. The van der Waals surface area contributed by atoms with E-state index in [0.717, 1.165) is 6.07 Å². The number of non-ortho nitro benzene ring substituents is 1. The average Bonchev–Trinajstić information content (AvgIpc) is 2.76. The maximum absolute atomic E-state index is 12.0. The van der Waals surface area contributed by atoms with Crippen LogP contribution in [0.15, 0.2) is 83.0 Å². The number of carbonyl (C=O) groups is 2. The van der Waals surface area contributed by atoms with E-state index in [2.05, 4.69) is 15.7 Å². The zero-order valence-electron chi connectivity index (χ0n) is 15.2. The summed E-state index contributed by atoms with van der Waals surface area (Å²) < 4.78 is 0. The highest BCUT2D eigenvalue weighted by molar-refractivity contribution is 6.30. The van der Waals surface area contributed by atoms with Crippen LogP contribution in [0.25, 0.3) is 0 Å². The van der Waals surface area contributed by atoms with Crippen molar-refractivity contribution in [3.63, 3.8) is 0 Å². The number of hydrogen-bond acceptors (Lipinski definition) is 7. The Labute approximate surface area is 175 Å². The van der Waals surface area contributed by atoms with Gasteiger partial charge in [0.2, 0.25) is 0 Å². The number of nitro benzene ring substituents is 1. The summed E-state index contributed by atoms with van der Waals surface area (Å²) in [5, 5.41) is 18.6. The topological polar surface area (TPSA) is 123 Å². The summed E-state index contributed by atoms with van der Waals surface area (Å²) in [7, 11) is 0. The Balaban J connectivity index is 1.59. The molecule has 3 aromatic carbocycles. The van der Waals surface area contributed by atoms with Gasteiger partial charge in [-0.3, -0.25) is 14.9 Å². The van der Waals surface area contributed by atoms with Gasteiger partial charge in [0.05, 0.1) is 27.4 Å². The van der Waals surface area contributed by atoms with Crippen molar-refractivity contribution >= 4 is 40.5 Å². The highest BCUT2D eigenvalue weighted by Gasteiger charge is 2.11. The van der Waals surface area contributed by atoms with Gasteiger partial charge < -0.3 is 4.84 Å². The van der Waals surface area contributed by atoms with E-state index in [1.165, 1.54) is 24.3 Å². The van der Waals surface area contributed by atoms with Crippen LogP contribution in [-0.4, -0.2) is 16.8 Å². The molecule has 10 heteroatoms. The minimum absolute atomic E-state index is 0.0548. The van der Waals surface area contributed by atoms with E-state index >= 15 is 0 Å². The van der Waals surface area contributed by atoms with E-state index in [-0.39, 0.29) is 11.3 Å². The van der Waals surface area contributed by atoms with Crippen molar-refractivity contribution < 1.29 is 19.3 Å². The van der Waals surface area contributed by atoms with E-state index in [1.807, 2.05) is 0 Å². The van der Waals surface area contributed by atoms with Gasteiger partial charge in [0, 0.05) is 17.2 Å². The predicted molar refractivity (Wildman–Crippen MR) is 109 cm³/mol. The van der Waals surface area contributed by atoms with Gasteiger partial charge in [0.1, 0.15) is 0 Å². The Kier molecular flexibility index (Phi) is 6.46. The molecule has 0 aliphatic heterocycles. The van der Waals surface area contributed by atoms with Gasteiger partial charge in [0.25, 0.3) is 11.6 Å². The van der Waals surface area contributed by atoms with Gasteiger partial charge in [-0.2, -0.15) is 0 Å². The summed E-state index contributed by atoms with van der Waals surface area (Å²) in [5.41, 5.74) is 3.47. The molecule has 0 aliphatic carbocycles. The van der Waals surface area contributed by atoms with Crippen LogP contribution < -0.4 is 5.48 Å². The molecule has 0 aliphatic rings. The molecule has 3 aromatic rings. The highest BCUT2D eigenvalue weighted by Crippen LogP contribution is 2.19. The standard InChI is InChI=1S/C20H13ClN4O5/c21-15-5-1-4-14(11-15)20(27)30-24-17-9-7-16(8-10-17)22-23-19(26)13-3-2-6-18(12-13)25(28)29/h1-12,24H. The van der Waals surface area contributed by atoms with Gasteiger partial charge in [-0.25, -0.2) is 10.3 Å². The normalized spacial score (nSPS) is 10.6. The molecule has 1 amide bonds. The van der Waals surface area contributed by atoms with Crippen LogP contribution in [0, 0.1) is 10.1 Å². The first-order valence-corrected chi connectivity index (χ1v) is 8.83. The largest absolute Gasteiger partial charge is 0.362 e. The molecule has 0 unspecified atom stereocenters. The smallest absolute Gasteiger partial charge is 0.338 e. The molecule has 9 nitrogen and oxygen atoms in total. The maximum Gasteiger partial charge on any atom is 0.362 e. The Morgan fingerprint density at radius 3 is 2.37 bits per heavy atom. The molecule has 0 heterocycles. The molecule has 0 saturated heterocycles. The fraction of sp³-hybridized carbons (Fsp3) is 0. The van der Waals surface area contributed by atoms with Gasteiger partial charge in [-0.05, 0) is 48.5 Å². The summed E-state index contributed by atoms with van der Waals surface area (Å²) >= 11 is 5.83. The lowest BCUT2D eigenvalue weighted by molar-refractivity contribution is -0.384. The van der Waals surface area contributed by atoms with E-state index in [9.17, 15) is 19.7 Å². The second kappa shape index (κ2) is 9.39. The highest BCUT2D eigenvalue weighted by atomic mass is 35.5. The van der Waals surface area contributed by atoms with Crippen molar-refractivity contribution in [2.45, 2.75) is 0 Å². The predicted octanol–water partition coefficient (Wildman–Crippen LogP) is 5.36. The molecule has 150 valence electrons. The summed E-state index contributed by atoms with van der Waals surface area (Å²) in [4.78, 5) is 39.2. The molecule has 0 bridgehead atoms. The fourth-order valence-corrected chi connectivity index (χ4v) is 2.48. The molecule has 0 spiro atoms. The van der Waals surface area contributed by atoms with Crippen LogP contribution in [0.1, 0.15) is 20.7 Å². The lowest BCUT2D eigenvalue weighted by atomic mass is 10.2. The molecule has 0 atom stereocenters. The van der Waals surface area contributed by atoms with Crippen molar-refractivity contribution in [3.8, 4) is 0 Å². The summed E-state index contributed by atoms with van der Waals surface area (Å²) in [6.45, 7) is 0. The van der Waals surface area contributed by atoms with Crippen LogP contribution in [0.2, 0.25) is 5.02 Å². The third-order valence-corrected chi connectivity index (χ3v) is 3.98. The minimum Gasteiger partial charge on any atom is -0.338 e. The number of carbonyl (C=O) groups excluding carboxylic acids is 2. The van der Waals surface area contributed by atoms with Crippen molar-refractivity contribution in [2.24, 2.45) is 10.2 Å². The van der Waals surface area contributed by atoms with Crippen molar-refractivity contribution in [1.82, 2.24) is 0 Å². The number of nitro groups is 1. The molecule has 30 heavy (non-hydrogen) atoms. The van der Waals surface area contributed by atoms with E-state index in [0.29, 0.717) is 22.0 Å². The van der Waals surface area contributed by atoms with Crippen LogP contribution in [-0.2, 0) is 4.84 Å². The molecule has 0 saturated carbocycles. The number of amides is 1. The van der Waals surface area contributed by atoms with Gasteiger partial charge in [0.15, 0.2) is 0 Å². The zero-order valence-corrected chi connectivity index (χ0v) is 15.9. The molecule has 3 rings (SSSR count). The molecule has 0 aromatic heterocycles. The minimum atomic E-state index is -0.712. The maximum atomic E-state index is 12.0. The Morgan fingerprint density at radius 1 is 0.967 bits per heavy atom. The third kappa shape index (κ3) is 5.46. The van der Waals surface area contributed by atoms with Crippen molar-refractivity contribution in [2.75, 3.05) is 5.48 Å². The van der Waals surface area contributed by atoms with E-state index in [4.69, 9.17) is 16.4 Å². The first-order valence-electron chi connectivity index (χ1n) is 8.46. The summed E-state index contributed by atoms with van der Waals surface area (Å²) in [6, 6.07) is 17.7. The van der Waals surface area contributed by atoms with Gasteiger partial charge in [-0.15, -0.1) is 10.2 Å². The fourth-order valence-electron chi connectivity index (χ4n) is 2.29. The summed E-state index contributed by atoms with van der Waals surface area (Å²) in [5.74, 6) is -1.32. The number of nitrogens with one attached hydrogen (secondary N) is 1. The first-order chi connectivity index (χ1) is 14.4. The van der Waals surface area contributed by atoms with Gasteiger partial charge in [-0.1, -0.05) is 23.7 Å². The van der Waals surface area contributed by atoms with E-state index in [1.54, 1.807) is 42.5 Å². The number of nitrogens with zero attached hydrogens (tertiary/aromatic N) is 3. The lowest BCUT2D eigenvalue weighted by Gasteiger charge is -2.07. The van der Waals surface area contributed by atoms with Crippen molar-refractivity contribution in [3.05, 3.63) is 99.1 Å². The second-order valence-corrected chi connectivity index (χ2v) is 6.30. The molecule has 1 N–H and O–H groups in total. The Morgan fingerprint density at radius 2 is 1.67 bits per heavy atom. The second-order valence-electron chi connectivity index (χ2n) is 5.86. The summed E-state index contributed by atoms with van der Waals surface area (Å²) in [6.07, 6.45) is 0. The Bertz CT molecular complexity index is 1130. The average molecular weight is 425 g/mol. The lowest BCUT2D eigenvalue weighted by Crippen LogP contribution is -2.10. The van der Waals surface area contributed by atoms with Crippen LogP contribution >= 0.6 is 11.6 Å². The van der Waals surface area contributed by atoms with Crippen LogP contribution in [0.5, 0.6) is 0 Å². The number of benzene rings is 3.